The average Bonchev–Trinajstić information content (AvgIpc) is 3.16. The molecule has 5 rings (SSSR count). The summed E-state index contributed by atoms with van der Waals surface area (Å²) in [6.45, 7) is 4.58. The van der Waals surface area contributed by atoms with Crippen molar-refractivity contribution < 1.29 is 22.3 Å². The number of likely N-dealkylation sites (tertiary alicyclic amines) is 1. The summed E-state index contributed by atoms with van der Waals surface area (Å²) in [6.07, 6.45) is 1.56. The van der Waals surface area contributed by atoms with E-state index in [0.29, 0.717) is 31.7 Å². The van der Waals surface area contributed by atoms with Gasteiger partial charge in [0.15, 0.2) is 0 Å². The summed E-state index contributed by atoms with van der Waals surface area (Å²) >= 11 is 0. The van der Waals surface area contributed by atoms with E-state index in [0.717, 1.165) is 54.4 Å². The second kappa shape index (κ2) is 10.1. The van der Waals surface area contributed by atoms with Crippen LogP contribution in [0.5, 0.6) is 5.75 Å². The molecule has 2 unspecified atom stereocenters. The topological polar surface area (TPSA) is 39.5 Å². The van der Waals surface area contributed by atoms with Crippen molar-refractivity contribution in [2.75, 3.05) is 32.8 Å². The first-order valence-corrected chi connectivity index (χ1v) is 12.8. The lowest BCUT2D eigenvalue weighted by molar-refractivity contribution is -0.0362. The molecule has 0 radical (unpaired) electrons. The average molecular weight is 514 g/mol. The van der Waals surface area contributed by atoms with Crippen LogP contribution in [-0.2, 0) is 6.42 Å². The first-order valence-electron chi connectivity index (χ1n) is 12.8. The second-order valence-corrected chi connectivity index (χ2v) is 10.7. The molecular formula is C29H31F4N3O. The Morgan fingerprint density at radius 1 is 1.14 bits per heavy atom. The van der Waals surface area contributed by atoms with E-state index in [-0.39, 0.29) is 24.0 Å². The summed E-state index contributed by atoms with van der Waals surface area (Å²) in [6, 6.07) is 11.1. The normalized spacial score (nSPS) is 22.4. The van der Waals surface area contributed by atoms with Crippen molar-refractivity contribution in [2.45, 2.75) is 51.1 Å². The second-order valence-electron chi connectivity index (χ2n) is 10.7. The van der Waals surface area contributed by atoms with Gasteiger partial charge in [-0.25, -0.2) is 17.6 Å². The summed E-state index contributed by atoms with van der Waals surface area (Å²) in [5.74, 6) is -4.15. The van der Waals surface area contributed by atoms with Crippen molar-refractivity contribution in [2.24, 2.45) is 5.92 Å². The Morgan fingerprint density at radius 2 is 1.84 bits per heavy atom. The van der Waals surface area contributed by atoms with Crippen molar-refractivity contribution >= 4 is 5.57 Å². The van der Waals surface area contributed by atoms with Crippen LogP contribution in [0.25, 0.3) is 5.57 Å². The third-order valence-electron chi connectivity index (χ3n) is 7.71. The van der Waals surface area contributed by atoms with Crippen LogP contribution >= 0.6 is 0 Å². The quantitative estimate of drug-likeness (QED) is 0.407. The van der Waals surface area contributed by atoms with E-state index in [1.165, 1.54) is 0 Å². The number of benzene rings is 2. The monoisotopic (exact) mass is 513 g/mol. The number of ether oxygens (including phenoxy) is 1. The number of nitriles is 1. The number of nitrogens with zero attached hydrogens (tertiary/aromatic N) is 3. The Labute approximate surface area is 215 Å². The Hall–Kier alpha value is -2.89. The van der Waals surface area contributed by atoms with Gasteiger partial charge in [-0.05, 0) is 48.0 Å². The van der Waals surface area contributed by atoms with Gasteiger partial charge in [0, 0.05) is 56.7 Å². The first kappa shape index (κ1) is 25.7. The Bertz CT molecular complexity index is 1220. The maximum absolute atomic E-state index is 15.6. The van der Waals surface area contributed by atoms with Gasteiger partial charge in [0.1, 0.15) is 24.0 Å². The number of fused-ring (bicyclic) bond motifs is 2. The summed E-state index contributed by atoms with van der Waals surface area (Å²) < 4.78 is 65.4. The molecule has 0 amide bonds. The fourth-order valence-electron chi connectivity index (χ4n) is 6.05. The van der Waals surface area contributed by atoms with E-state index in [2.05, 4.69) is 11.0 Å². The van der Waals surface area contributed by atoms with E-state index >= 15 is 8.78 Å². The number of halogens is 4. The number of alkyl halides is 2. The van der Waals surface area contributed by atoms with E-state index in [1.807, 2.05) is 31.2 Å². The summed E-state index contributed by atoms with van der Waals surface area (Å²) in [5.41, 5.74) is 3.69. The molecule has 3 aliphatic rings. The molecule has 8 heteroatoms. The molecule has 0 aromatic heterocycles. The van der Waals surface area contributed by atoms with E-state index in [1.54, 1.807) is 4.90 Å². The molecule has 2 atom stereocenters. The van der Waals surface area contributed by atoms with Crippen molar-refractivity contribution in [3.05, 3.63) is 70.3 Å². The highest BCUT2D eigenvalue weighted by molar-refractivity contribution is 5.79. The fourth-order valence-corrected chi connectivity index (χ4v) is 6.05. The smallest absolute Gasteiger partial charge is 0.257 e. The molecule has 0 N–H and O–H groups in total. The van der Waals surface area contributed by atoms with E-state index < -0.39 is 30.1 Å². The van der Waals surface area contributed by atoms with Gasteiger partial charge in [-0.3, -0.25) is 9.80 Å². The van der Waals surface area contributed by atoms with Crippen LogP contribution in [0.1, 0.15) is 49.4 Å². The van der Waals surface area contributed by atoms with Crippen molar-refractivity contribution in [3.8, 4) is 11.8 Å². The van der Waals surface area contributed by atoms with Gasteiger partial charge in [0.2, 0.25) is 0 Å². The van der Waals surface area contributed by atoms with E-state index in [4.69, 9.17) is 10.00 Å². The SMILES string of the molecule is CC1CC2=C(Cc3ccccc32)C(c2c(F)cc(OCCN3CC(CC#N)C3)cc2F)N1CC(C)(F)F. The zero-order chi connectivity index (χ0) is 26.3. The van der Waals surface area contributed by atoms with Gasteiger partial charge >= 0.3 is 0 Å². The van der Waals surface area contributed by atoms with Gasteiger partial charge in [0.05, 0.1) is 18.7 Å². The predicted octanol–water partition coefficient (Wildman–Crippen LogP) is 5.99. The fraction of sp³-hybridized carbons (Fsp3) is 0.483. The minimum atomic E-state index is -3.02. The van der Waals surface area contributed by atoms with Crippen LogP contribution < -0.4 is 4.74 Å². The summed E-state index contributed by atoms with van der Waals surface area (Å²) in [7, 11) is 0. The zero-order valence-electron chi connectivity index (χ0n) is 21.1. The number of hydrogen-bond donors (Lipinski definition) is 0. The maximum atomic E-state index is 15.6. The highest BCUT2D eigenvalue weighted by atomic mass is 19.3. The van der Waals surface area contributed by atoms with Crippen molar-refractivity contribution in [1.29, 1.82) is 5.26 Å². The Morgan fingerprint density at radius 3 is 2.51 bits per heavy atom. The minimum absolute atomic E-state index is 0.0768. The minimum Gasteiger partial charge on any atom is -0.492 e. The number of rotatable bonds is 8. The molecule has 0 spiro atoms. The largest absolute Gasteiger partial charge is 0.492 e. The van der Waals surface area contributed by atoms with Crippen LogP contribution in [0.3, 0.4) is 0 Å². The van der Waals surface area contributed by atoms with Crippen LogP contribution in [0.15, 0.2) is 42.0 Å². The Balaban J connectivity index is 1.41. The summed E-state index contributed by atoms with van der Waals surface area (Å²) in [5, 5.41) is 8.76. The molecule has 196 valence electrons. The highest BCUT2D eigenvalue weighted by Crippen LogP contribution is 2.50. The third-order valence-corrected chi connectivity index (χ3v) is 7.71. The highest BCUT2D eigenvalue weighted by Gasteiger charge is 2.43. The van der Waals surface area contributed by atoms with Gasteiger partial charge in [-0.2, -0.15) is 5.26 Å². The summed E-state index contributed by atoms with van der Waals surface area (Å²) in [4.78, 5) is 3.68. The lowest BCUT2D eigenvalue weighted by Crippen LogP contribution is -2.48. The van der Waals surface area contributed by atoms with E-state index in [9.17, 15) is 8.78 Å². The van der Waals surface area contributed by atoms with Crippen LogP contribution in [0.2, 0.25) is 0 Å². The van der Waals surface area contributed by atoms with Gasteiger partial charge < -0.3 is 4.74 Å². The molecule has 1 aliphatic carbocycles. The molecule has 2 aromatic carbocycles. The van der Waals surface area contributed by atoms with Gasteiger partial charge in [0.25, 0.3) is 5.92 Å². The predicted molar refractivity (Wildman–Crippen MR) is 133 cm³/mol. The molecule has 2 aliphatic heterocycles. The van der Waals surface area contributed by atoms with Gasteiger partial charge in [-0.15, -0.1) is 0 Å². The molecule has 0 bridgehead atoms. The van der Waals surface area contributed by atoms with Crippen LogP contribution in [0.4, 0.5) is 17.6 Å². The number of hydrogen-bond acceptors (Lipinski definition) is 4. The standard InChI is InChI=1S/C29H31F4N3O/c1-18-11-23-22-6-4-3-5-20(22)12-24(23)28(36(18)17-29(2,32)33)27-25(30)13-21(14-26(27)31)37-10-9-35-15-19(16-35)7-8-34/h3-6,13-14,18-19,28H,7,9-12,15-17H2,1-2H3. The first-order chi connectivity index (χ1) is 17.6. The van der Waals surface area contributed by atoms with Crippen LogP contribution in [0, 0.1) is 28.9 Å². The Kier molecular flexibility index (Phi) is 7.03. The molecule has 4 nitrogen and oxygen atoms in total. The molecule has 37 heavy (non-hydrogen) atoms. The van der Waals surface area contributed by atoms with Crippen molar-refractivity contribution in [3.63, 3.8) is 0 Å². The molecule has 1 fully saturated rings. The molecule has 0 saturated carbocycles. The van der Waals surface area contributed by atoms with Gasteiger partial charge in [-0.1, -0.05) is 24.3 Å². The van der Waals surface area contributed by atoms with Crippen LogP contribution in [-0.4, -0.2) is 54.6 Å². The molecule has 2 heterocycles. The zero-order valence-corrected chi connectivity index (χ0v) is 21.1. The molecule has 2 aromatic rings. The third kappa shape index (κ3) is 5.25. The lowest BCUT2D eigenvalue weighted by Gasteiger charge is -2.43. The maximum Gasteiger partial charge on any atom is 0.257 e. The molecule has 1 saturated heterocycles. The lowest BCUT2D eigenvalue weighted by atomic mass is 9.84. The van der Waals surface area contributed by atoms with Crippen molar-refractivity contribution in [1.82, 2.24) is 9.80 Å². The molecular weight excluding hydrogens is 482 g/mol.